The molecule has 0 atom stereocenters. The van der Waals surface area contributed by atoms with E-state index in [-0.39, 0.29) is 5.91 Å². The number of aromatic nitrogens is 2. The van der Waals surface area contributed by atoms with Crippen LogP contribution < -0.4 is 4.74 Å². The highest BCUT2D eigenvalue weighted by atomic mass is 35.5. The van der Waals surface area contributed by atoms with Gasteiger partial charge in [0.2, 0.25) is 5.91 Å². The van der Waals surface area contributed by atoms with Gasteiger partial charge in [0.05, 0.1) is 11.0 Å². The van der Waals surface area contributed by atoms with Crippen molar-refractivity contribution in [3.05, 3.63) is 101 Å². The summed E-state index contributed by atoms with van der Waals surface area (Å²) in [4.78, 5) is 19.5. The Morgan fingerprint density at radius 1 is 0.971 bits per heavy atom. The van der Waals surface area contributed by atoms with Crippen molar-refractivity contribution in [1.82, 2.24) is 14.5 Å². The molecule has 2 heterocycles. The standard InChI is InChI=1S/C29H28ClN3O2/c30-25-11-5-4-8-23(25)14-15-29(34)32-18-16-22(17-19-32)20-33-27-13-7-6-12-26(27)31-28(33)21-35-24-9-2-1-3-10-24/h1-15,22H,16-21H2/b15-14+. The van der Waals surface area contributed by atoms with Gasteiger partial charge in [-0.05, 0) is 60.7 Å². The lowest BCUT2D eigenvalue weighted by Gasteiger charge is -2.32. The molecule has 0 saturated carbocycles. The highest BCUT2D eigenvalue weighted by molar-refractivity contribution is 6.32. The molecule has 0 unspecified atom stereocenters. The third-order valence-electron chi connectivity index (χ3n) is 6.52. The summed E-state index contributed by atoms with van der Waals surface area (Å²) in [6, 6.07) is 25.6. The molecule has 1 aliphatic heterocycles. The monoisotopic (exact) mass is 485 g/mol. The summed E-state index contributed by atoms with van der Waals surface area (Å²) in [5, 5.41) is 0.648. The second-order valence-electron chi connectivity index (χ2n) is 8.85. The van der Waals surface area contributed by atoms with E-state index in [1.807, 2.05) is 71.6 Å². The fourth-order valence-corrected chi connectivity index (χ4v) is 4.77. The Bertz CT molecular complexity index is 1320. The van der Waals surface area contributed by atoms with Crippen LogP contribution in [-0.4, -0.2) is 33.4 Å². The van der Waals surface area contributed by atoms with Crippen molar-refractivity contribution in [3.8, 4) is 5.75 Å². The van der Waals surface area contributed by atoms with E-state index in [1.165, 1.54) is 0 Å². The predicted octanol–water partition coefficient (Wildman–Crippen LogP) is 6.22. The number of benzene rings is 3. The van der Waals surface area contributed by atoms with Crippen molar-refractivity contribution in [2.24, 2.45) is 5.92 Å². The molecular formula is C29H28ClN3O2. The number of piperidine rings is 1. The third kappa shape index (κ3) is 5.57. The van der Waals surface area contributed by atoms with E-state index in [1.54, 1.807) is 12.2 Å². The predicted molar refractivity (Wildman–Crippen MR) is 140 cm³/mol. The average molecular weight is 486 g/mol. The first-order chi connectivity index (χ1) is 17.2. The van der Waals surface area contributed by atoms with Crippen LogP contribution in [0.1, 0.15) is 24.2 Å². The van der Waals surface area contributed by atoms with Gasteiger partial charge in [-0.3, -0.25) is 4.79 Å². The summed E-state index contributed by atoms with van der Waals surface area (Å²) in [6.45, 7) is 2.78. The quantitative estimate of drug-likeness (QED) is 0.292. The summed E-state index contributed by atoms with van der Waals surface area (Å²) in [5.74, 6) is 2.27. The van der Waals surface area contributed by atoms with Gasteiger partial charge in [-0.2, -0.15) is 0 Å². The summed E-state index contributed by atoms with van der Waals surface area (Å²) in [6.07, 6.45) is 5.34. The van der Waals surface area contributed by atoms with Gasteiger partial charge < -0.3 is 14.2 Å². The molecule has 1 aromatic heterocycles. The number of hydrogen-bond donors (Lipinski definition) is 0. The number of fused-ring (bicyclic) bond motifs is 1. The van der Waals surface area contributed by atoms with Crippen LogP contribution in [0.15, 0.2) is 84.9 Å². The largest absolute Gasteiger partial charge is 0.486 e. The van der Waals surface area contributed by atoms with Gasteiger partial charge in [-0.25, -0.2) is 4.98 Å². The van der Waals surface area contributed by atoms with Crippen LogP contribution in [0.2, 0.25) is 5.02 Å². The van der Waals surface area contributed by atoms with Crippen LogP contribution in [0.25, 0.3) is 17.1 Å². The zero-order chi connectivity index (χ0) is 24.0. The summed E-state index contributed by atoms with van der Waals surface area (Å²) < 4.78 is 8.31. The summed E-state index contributed by atoms with van der Waals surface area (Å²) >= 11 is 6.20. The van der Waals surface area contributed by atoms with Crippen molar-refractivity contribution >= 4 is 34.6 Å². The number of rotatable bonds is 7. The zero-order valence-electron chi connectivity index (χ0n) is 19.5. The molecule has 0 aliphatic carbocycles. The Hall–Kier alpha value is -3.57. The van der Waals surface area contributed by atoms with E-state index in [0.717, 1.165) is 60.6 Å². The molecule has 1 amide bonds. The average Bonchev–Trinajstić information content (AvgIpc) is 3.25. The van der Waals surface area contributed by atoms with Crippen molar-refractivity contribution in [1.29, 1.82) is 0 Å². The van der Waals surface area contributed by atoms with E-state index >= 15 is 0 Å². The summed E-state index contributed by atoms with van der Waals surface area (Å²) in [5.41, 5.74) is 2.96. The molecule has 5 rings (SSSR count). The Kier molecular flexibility index (Phi) is 7.15. The maximum atomic E-state index is 12.7. The molecule has 0 bridgehead atoms. The Labute approximate surface area is 210 Å². The lowest BCUT2D eigenvalue weighted by Crippen LogP contribution is -2.38. The molecular weight excluding hydrogens is 458 g/mol. The van der Waals surface area contributed by atoms with Crippen LogP contribution in [0.4, 0.5) is 0 Å². The second-order valence-corrected chi connectivity index (χ2v) is 9.26. The highest BCUT2D eigenvalue weighted by Gasteiger charge is 2.23. The molecule has 4 aromatic rings. The molecule has 178 valence electrons. The third-order valence-corrected chi connectivity index (χ3v) is 6.87. The van der Waals surface area contributed by atoms with Crippen LogP contribution >= 0.6 is 11.6 Å². The maximum absolute atomic E-state index is 12.7. The molecule has 1 fully saturated rings. The molecule has 6 heteroatoms. The number of amides is 1. The van der Waals surface area contributed by atoms with Gasteiger partial charge in [0, 0.05) is 30.7 Å². The molecule has 5 nitrogen and oxygen atoms in total. The first-order valence-corrected chi connectivity index (χ1v) is 12.4. The molecule has 1 aliphatic rings. The first-order valence-electron chi connectivity index (χ1n) is 12.0. The van der Waals surface area contributed by atoms with Gasteiger partial charge in [0.1, 0.15) is 18.2 Å². The number of halogens is 1. The van der Waals surface area contributed by atoms with E-state index < -0.39 is 0 Å². The minimum atomic E-state index is 0.0356. The van der Waals surface area contributed by atoms with Gasteiger partial charge in [0.15, 0.2) is 0 Å². The number of carbonyl (C=O) groups excluding carboxylic acids is 1. The lowest BCUT2D eigenvalue weighted by atomic mass is 9.96. The first kappa shape index (κ1) is 23.2. The fourth-order valence-electron chi connectivity index (χ4n) is 4.57. The molecule has 0 spiro atoms. The topological polar surface area (TPSA) is 47.4 Å². The van der Waals surface area contributed by atoms with Gasteiger partial charge >= 0.3 is 0 Å². The fraction of sp³-hybridized carbons (Fsp3) is 0.241. The molecule has 1 saturated heterocycles. The van der Waals surface area contributed by atoms with Crippen LogP contribution in [0, 0.1) is 5.92 Å². The van der Waals surface area contributed by atoms with E-state index in [0.29, 0.717) is 17.5 Å². The number of para-hydroxylation sites is 3. The number of nitrogens with zero attached hydrogens (tertiary/aromatic N) is 3. The number of carbonyl (C=O) groups is 1. The Morgan fingerprint density at radius 2 is 1.69 bits per heavy atom. The normalized spacial score (nSPS) is 14.6. The van der Waals surface area contributed by atoms with Crippen LogP contribution in [-0.2, 0) is 17.9 Å². The smallest absolute Gasteiger partial charge is 0.246 e. The van der Waals surface area contributed by atoms with Crippen LogP contribution in [0.5, 0.6) is 5.75 Å². The molecule has 35 heavy (non-hydrogen) atoms. The van der Waals surface area contributed by atoms with Crippen molar-refractivity contribution in [2.45, 2.75) is 26.0 Å². The van der Waals surface area contributed by atoms with E-state index in [9.17, 15) is 4.79 Å². The molecule has 0 N–H and O–H groups in total. The van der Waals surface area contributed by atoms with E-state index in [4.69, 9.17) is 21.3 Å². The minimum Gasteiger partial charge on any atom is -0.486 e. The van der Waals surface area contributed by atoms with E-state index in [2.05, 4.69) is 16.7 Å². The van der Waals surface area contributed by atoms with Crippen molar-refractivity contribution in [2.75, 3.05) is 13.1 Å². The Balaban J connectivity index is 1.23. The van der Waals surface area contributed by atoms with Gasteiger partial charge in [0.25, 0.3) is 0 Å². The number of likely N-dealkylation sites (tertiary alicyclic amines) is 1. The number of hydrogen-bond acceptors (Lipinski definition) is 3. The number of imidazole rings is 1. The zero-order valence-corrected chi connectivity index (χ0v) is 20.3. The maximum Gasteiger partial charge on any atom is 0.246 e. The lowest BCUT2D eigenvalue weighted by molar-refractivity contribution is -0.127. The molecule has 0 radical (unpaired) electrons. The second kappa shape index (κ2) is 10.8. The van der Waals surface area contributed by atoms with Crippen molar-refractivity contribution in [3.63, 3.8) is 0 Å². The Morgan fingerprint density at radius 3 is 2.49 bits per heavy atom. The number of ether oxygens (including phenoxy) is 1. The summed E-state index contributed by atoms with van der Waals surface area (Å²) in [7, 11) is 0. The minimum absolute atomic E-state index is 0.0356. The van der Waals surface area contributed by atoms with Gasteiger partial charge in [-0.15, -0.1) is 0 Å². The van der Waals surface area contributed by atoms with Gasteiger partial charge in [-0.1, -0.05) is 60.1 Å². The molecule has 3 aromatic carbocycles. The van der Waals surface area contributed by atoms with Crippen molar-refractivity contribution < 1.29 is 9.53 Å². The SMILES string of the molecule is O=C(/C=C/c1ccccc1Cl)N1CCC(Cn2c(COc3ccccc3)nc3ccccc32)CC1. The highest BCUT2D eigenvalue weighted by Crippen LogP contribution is 2.25. The van der Waals surface area contributed by atoms with Crippen LogP contribution in [0.3, 0.4) is 0 Å².